The quantitative estimate of drug-likeness (QED) is 0.527. The molecule has 0 radical (unpaired) electrons. The number of nitrogens with zero attached hydrogens (tertiary/aromatic N) is 1. The molecule has 4 rings (SSSR count). The highest BCUT2D eigenvalue weighted by Gasteiger charge is 2.16. The second kappa shape index (κ2) is 10.3. The topological polar surface area (TPSA) is 82.8 Å². The number of carbonyl (C=O) groups excluding carboxylic acids is 1. The lowest BCUT2D eigenvalue weighted by Gasteiger charge is -2.12. The average Bonchev–Trinajstić information content (AvgIpc) is 3.42. The lowest BCUT2D eigenvalue weighted by atomic mass is 10.1. The van der Waals surface area contributed by atoms with E-state index in [2.05, 4.69) is 10.5 Å². The second-order valence-electron chi connectivity index (χ2n) is 7.93. The largest absolute Gasteiger partial charge is 0.491 e. The lowest BCUT2D eigenvalue weighted by Crippen LogP contribution is -2.17. The maximum absolute atomic E-state index is 12.5. The van der Waals surface area contributed by atoms with Crippen molar-refractivity contribution < 1.29 is 23.5 Å². The molecular formula is C25H28N2O5. The molecule has 0 bridgehead atoms. The van der Waals surface area contributed by atoms with Gasteiger partial charge < -0.3 is 24.1 Å². The minimum atomic E-state index is -0.0920. The zero-order valence-electron chi connectivity index (χ0n) is 18.4. The predicted octanol–water partition coefficient (Wildman–Crippen LogP) is 4.61. The van der Waals surface area contributed by atoms with Crippen LogP contribution in [0, 0.1) is 13.8 Å². The van der Waals surface area contributed by atoms with Gasteiger partial charge in [0, 0.05) is 18.4 Å². The zero-order valence-corrected chi connectivity index (χ0v) is 18.4. The molecule has 7 nitrogen and oxygen atoms in total. The van der Waals surface area contributed by atoms with Crippen LogP contribution in [-0.2, 0) is 22.6 Å². The van der Waals surface area contributed by atoms with E-state index in [0.717, 1.165) is 53.5 Å². The van der Waals surface area contributed by atoms with Crippen LogP contribution in [0.5, 0.6) is 11.5 Å². The van der Waals surface area contributed by atoms with E-state index in [0.29, 0.717) is 18.9 Å². The Morgan fingerprint density at radius 1 is 1.12 bits per heavy atom. The fourth-order valence-electron chi connectivity index (χ4n) is 3.59. The van der Waals surface area contributed by atoms with E-state index in [4.69, 9.17) is 18.7 Å². The summed E-state index contributed by atoms with van der Waals surface area (Å²) in [6.07, 6.45) is 2.54. The standard InChI is InChI=1S/C25H28N2O5/c1-17-24(18(2)32-27-17)16-31-21-10-8-19(9-11-21)13-25(28)26-20-5-3-6-22(14-20)30-15-23-7-4-12-29-23/h3,5-6,8-11,14,23H,4,7,12-13,15-16H2,1-2H3,(H,26,28). The molecule has 0 aliphatic carbocycles. The van der Waals surface area contributed by atoms with E-state index >= 15 is 0 Å². The first kappa shape index (κ1) is 21.9. The zero-order chi connectivity index (χ0) is 22.3. The van der Waals surface area contributed by atoms with Gasteiger partial charge in [0.25, 0.3) is 0 Å². The number of amides is 1. The van der Waals surface area contributed by atoms with Gasteiger partial charge in [-0.3, -0.25) is 4.79 Å². The first-order chi connectivity index (χ1) is 15.6. The molecule has 32 heavy (non-hydrogen) atoms. The monoisotopic (exact) mass is 436 g/mol. The molecule has 1 aliphatic rings. The number of aromatic nitrogens is 1. The third-order valence-corrected chi connectivity index (χ3v) is 5.43. The highest BCUT2D eigenvalue weighted by Crippen LogP contribution is 2.21. The van der Waals surface area contributed by atoms with Crippen molar-refractivity contribution in [1.82, 2.24) is 5.16 Å². The van der Waals surface area contributed by atoms with E-state index < -0.39 is 0 Å². The number of nitrogens with one attached hydrogen (secondary N) is 1. The van der Waals surface area contributed by atoms with Crippen molar-refractivity contribution in [2.45, 2.75) is 45.8 Å². The Balaban J connectivity index is 1.26. The Kier molecular flexibility index (Phi) is 7.07. The van der Waals surface area contributed by atoms with E-state index in [1.165, 1.54) is 0 Å². The number of ether oxygens (including phenoxy) is 3. The highest BCUT2D eigenvalue weighted by molar-refractivity contribution is 5.92. The van der Waals surface area contributed by atoms with Crippen molar-refractivity contribution in [3.8, 4) is 11.5 Å². The number of hydrogen-bond donors (Lipinski definition) is 1. The van der Waals surface area contributed by atoms with Gasteiger partial charge in [0.1, 0.15) is 30.5 Å². The van der Waals surface area contributed by atoms with Crippen molar-refractivity contribution in [3.05, 3.63) is 71.1 Å². The van der Waals surface area contributed by atoms with Crippen molar-refractivity contribution >= 4 is 11.6 Å². The second-order valence-corrected chi connectivity index (χ2v) is 7.93. The van der Waals surface area contributed by atoms with Crippen molar-refractivity contribution in [2.24, 2.45) is 0 Å². The predicted molar refractivity (Wildman–Crippen MR) is 120 cm³/mol. The van der Waals surface area contributed by atoms with Crippen LogP contribution in [0.4, 0.5) is 5.69 Å². The number of anilines is 1. The number of rotatable bonds is 9. The molecule has 1 atom stereocenters. The molecule has 2 heterocycles. The number of hydrogen-bond acceptors (Lipinski definition) is 6. The van der Waals surface area contributed by atoms with Gasteiger partial charge in [0.05, 0.1) is 23.8 Å². The van der Waals surface area contributed by atoms with Crippen LogP contribution in [0.15, 0.2) is 53.1 Å². The van der Waals surface area contributed by atoms with Crippen LogP contribution in [0.3, 0.4) is 0 Å². The lowest BCUT2D eigenvalue weighted by molar-refractivity contribution is -0.115. The van der Waals surface area contributed by atoms with Gasteiger partial charge in [-0.15, -0.1) is 0 Å². The molecule has 3 aromatic rings. The summed E-state index contributed by atoms with van der Waals surface area (Å²) in [4.78, 5) is 12.5. The molecule has 1 N–H and O–H groups in total. The Hall–Kier alpha value is -3.32. The Bertz CT molecular complexity index is 1020. The summed E-state index contributed by atoms with van der Waals surface area (Å²) in [5.74, 6) is 2.12. The summed E-state index contributed by atoms with van der Waals surface area (Å²) >= 11 is 0. The summed E-state index contributed by atoms with van der Waals surface area (Å²) in [6.45, 7) is 5.49. The molecule has 1 fully saturated rings. The van der Waals surface area contributed by atoms with Crippen molar-refractivity contribution in [1.29, 1.82) is 0 Å². The third-order valence-electron chi connectivity index (χ3n) is 5.43. The van der Waals surface area contributed by atoms with Crippen LogP contribution in [-0.4, -0.2) is 30.4 Å². The molecule has 1 saturated heterocycles. The average molecular weight is 437 g/mol. The Labute approximate surface area is 187 Å². The van der Waals surface area contributed by atoms with Gasteiger partial charge in [-0.25, -0.2) is 0 Å². The van der Waals surface area contributed by atoms with E-state index in [-0.39, 0.29) is 18.4 Å². The first-order valence-corrected chi connectivity index (χ1v) is 10.8. The Morgan fingerprint density at radius 3 is 2.69 bits per heavy atom. The van der Waals surface area contributed by atoms with E-state index in [9.17, 15) is 4.79 Å². The number of carbonyl (C=O) groups is 1. The maximum Gasteiger partial charge on any atom is 0.228 e. The maximum atomic E-state index is 12.5. The number of benzene rings is 2. The molecule has 1 aromatic heterocycles. The molecular weight excluding hydrogens is 408 g/mol. The summed E-state index contributed by atoms with van der Waals surface area (Å²) < 4.78 is 22.4. The summed E-state index contributed by atoms with van der Waals surface area (Å²) in [5.41, 5.74) is 3.39. The van der Waals surface area contributed by atoms with E-state index in [1.54, 1.807) is 0 Å². The van der Waals surface area contributed by atoms with Crippen molar-refractivity contribution in [2.75, 3.05) is 18.5 Å². The normalized spacial score (nSPS) is 15.5. The van der Waals surface area contributed by atoms with Crippen LogP contribution in [0.2, 0.25) is 0 Å². The molecule has 1 amide bonds. The summed E-state index contributed by atoms with van der Waals surface area (Å²) in [5, 5.41) is 6.86. The summed E-state index contributed by atoms with van der Waals surface area (Å²) in [7, 11) is 0. The van der Waals surface area contributed by atoms with Crippen molar-refractivity contribution in [3.63, 3.8) is 0 Å². The molecule has 1 aliphatic heterocycles. The van der Waals surface area contributed by atoms with Gasteiger partial charge in [-0.1, -0.05) is 23.4 Å². The minimum absolute atomic E-state index is 0.0920. The van der Waals surface area contributed by atoms with Crippen LogP contribution >= 0.6 is 0 Å². The minimum Gasteiger partial charge on any atom is -0.491 e. The van der Waals surface area contributed by atoms with Gasteiger partial charge >= 0.3 is 0 Å². The smallest absolute Gasteiger partial charge is 0.228 e. The van der Waals surface area contributed by atoms with Gasteiger partial charge in [-0.05, 0) is 56.5 Å². The SMILES string of the molecule is Cc1noc(C)c1COc1ccc(CC(=O)Nc2cccc(OCC3CCCO3)c2)cc1. The van der Waals surface area contributed by atoms with Gasteiger partial charge in [0.15, 0.2) is 0 Å². The van der Waals surface area contributed by atoms with Crippen LogP contribution < -0.4 is 14.8 Å². The first-order valence-electron chi connectivity index (χ1n) is 10.8. The van der Waals surface area contributed by atoms with Crippen LogP contribution in [0.1, 0.15) is 35.4 Å². The molecule has 0 saturated carbocycles. The molecule has 168 valence electrons. The molecule has 7 heteroatoms. The van der Waals surface area contributed by atoms with Gasteiger partial charge in [-0.2, -0.15) is 0 Å². The van der Waals surface area contributed by atoms with Gasteiger partial charge in [0.2, 0.25) is 5.91 Å². The summed E-state index contributed by atoms with van der Waals surface area (Å²) in [6, 6.07) is 14.9. The highest BCUT2D eigenvalue weighted by atomic mass is 16.5. The fraction of sp³-hybridized carbons (Fsp3) is 0.360. The molecule has 0 spiro atoms. The van der Waals surface area contributed by atoms with E-state index in [1.807, 2.05) is 62.4 Å². The van der Waals surface area contributed by atoms with Crippen LogP contribution in [0.25, 0.3) is 0 Å². The fourth-order valence-corrected chi connectivity index (χ4v) is 3.59. The number of aryl methyl sites for hydroxylation is 2. The Morgan fingerprint density at radius 2 is 1.97 bits per heavy atom. The molecule has 2 aromatic carbocycles. The molecule has 1 unspecified atom stereocenters. The third kappa shape index (κ3) is 5.88.